The maximum atomic E-state index is 5.45. The van der Waals surface area contributed by atoms with Crippen LogP contribution in [0.25, 0.3) is 0 Å². The average Bonchev–Trinajstić information content (AvgIpc) is 2.34. The molecule has 0 spiro atoms. The molecule has 0 aromatic carbocycles. The molecule has 1 saturated heterocycles. The lowest BCUT2D eigenvalue weighted by molar-refractivity contribution is 0.0160. The van der Waals surface area contributed by atoms with Crippen LogP contribution in [0, 0.1) is 11.3 Å². The SMILES string of the molecule is CCNC1CCC(C)(C)CC1CN1CCOCC1. The maximum Gasteiger partial charge on any atom is 0.0594 e. The third-order valence-corrected chi connectivity index (χ3v) is 4.58. The summed E-state index contributed by atoms with van der Waals surface area (Å²) in [5, 5.41) is 3.70. The Morgan fingerprint density at radius 3 is 2.67 bits per heavy atom. The summed E-state index contributed by atoms with van der Waals surface area (Å²) in [6.07, 6.45) is 4.07. The van der Waals surface area contributed by atoms with Crippen LogP contribution in [-0.2, 0) is 4.74 Å². The minimum Gasteiger partial charge on any atom is -0.379 e. The zero-order valence-electron chi connectivity index (χ0n) is 12.4. The van der Waals surface area contributed by atoms with E-state index in [0.29, 0.717) is 5.41 Å². The van der Waals surface area contributed by atoms with Crippen LogP contribution in [0.2, 0.25) is 0 Å². The second-order valence-electron chi connectivity index (χ2n) is 6.74. The van der Waals surface area contributed by atoms with Gasteiger partial charge in [-0.3, -0.25) is 4.90 Å². The van der Waals surface area contributed by atoms with E-state index < -0.39 is 0 Å². The summed E-state index contributed by atoms with van der Waals surface area (Å²) >= 11 is 0. The summed E-state index contributed by atoms with van der Waals surface area (Å²) in [5.74, 6) is 0.812. The monoisotopic (exact) mass is 254 g/mol. The van der Waals surface area contributed by atoms with E-state index in [2.05, 4.69) is 31.0 Å². The van der Waals surface area contributed by atoms with Gasteiger partial charge in [0.1, 0.15) is 0 Å². The van der Waals surface area contributed by atoms with Crippen LogP contribution in [0.4, 0.5) is 0 Å². The highest BCUT2D eigenvalue weighted by molar-refractivity contribution is 4.90. The maximum absolute atomic E-state index is 5.45. The van der Waals surface area contributed by atoms with Crippen LogP contribution in [-0.4, -0.2) is 50.3 Å². The summed E-state index contributed by atoms with van der Waals surface area (Å²) in [6, 6.07) is 0.728. The molecule has 106 valence electrons. The molecule has 1 aliphatic heterocycles. The molecule has 2 aliphatic rings. The number of nitrogens with one attached hydrogen (secondary N) is 1. The summed E-state index contributed by atoms with van der Waals surface area (Å²) in [7, 11) is 0. The molecular formula is C15H30N2O. The van der Waals surface area contributed by atoms with Crippen molar-refractivity contribution in [1.82, 2.24) is 10.2 Å². The molecule has 0 aromatic rings. The molecule has 2 atom stereocenters. The van der Waals surface area contributed by atoms with Gasteiger partial charge in [0.2, 0.25) is 0 Å². The first kappa shape index (κ1) is 14.3. The lowest BCUT2D eigenvalue weighted by atomic mass is 9.69. The average molecular weight is 254 g/mol. The minimum atomic E-state index is 0.531. The quantitative estimate of drug-likeness (QED) is 0.832. The van der Waals surface area contributed by atoms with E-state index in [1.807, 2.05) is 0 Å². The van der Waals surface area contributed by atoms with Crippen LogP contribution < -0.4 is 5.32 Å². The first-order valence-electron chi connectivity index (χ1n) is 7.64. The lowest BCUT2D eigenvalue weighted by Gasteiger charge is -2.43. The highest BCUT2D eigenvalue weighted by Crippen LogP contribution is 2.39. The van der Waals surface area contributed by atoms with Crippen molar-refractivity contribution in [2.75, 3.05) is 39.4 Å². The molecule has 0 bridgehead atoms. The van der Waals surface area contributed by atoms with Crippen LogP contribution in [0.3, 0.4) is 0 Å². The number of ether oxygens (including phenoxy) is 1. The third-order valence-electron chi connectivity index (χ3n) is 4.58. The predicted octanol–water partition coefficient (Wildman–Crippen LogP) is 2.12. The zero-order valence-corrected chi connectivity index (χ0v) is 12.4. The van der Waals surface area contributed by atoms with Crippen LogP contribution in [0.15, 0.2) is 0 Å². The van der Waals surface area contributed by atoms with Crippen molar-refractivity contribution in [3.8, 4) is 0 Å². The smallest absolute Gasteiger partial charge is 0.0594 e. The molecule has 3 heteroatoms. The van der Waals surface area contributed by atoms with Gasteiger partial charge < -0.3 is 10.1 Å². The second-order valence-corrected chi connectivity index (χ2v) is 6.74. The van der Waals surface area contributed by atoms with Crippen molar-refractivity contribution in [3.05, 3.63) is 0 Å². The topological polar surface area (TPSA) is 24.5 Å². The van der Waals surface area contributed by atoms with Crippen LogP contribution >= 0.6 is 0 Å². The molecule has 2 fully saturated rings. The molecule has 0 amide bonds. The molecule has 1 N–H and O–H groups in total. The van der Waals surface area contributed by atoms with Crippen molar-refractivity contribution < 1.29 is 4.74 Å². The Bertz CT molecular complexity index is 249. The van der Waals surface area contributed by atoms with Gasteiger partial charge in [0.15, 0.2) is 0 Å². The number of hydrogen-bond donors (Lipinski definition) is 1. The molecule has 18 heavy (non-hydrogen) atoms. The number of hydrogen-bond acceptors (Lipinski definition) is 3. The van der Waals surface area contributed by atoms with E-state index in [0.717, 1.165) is 44.8 Å². The van der Waals surface area contributed by atoms with E-state index in [1.54, 1.807) is 0 Å². The Morgan fingerprint density at radius 1 is 1.28 bits per heavy atom. The van der Waals surface area contributed by atoms with Gasteiger partial charge in [0.05, 0.1) is 13.2 Å². The van der Waals surface area contributed by atoms with E-state index in [1.165, 1.54) is 25.8 Å². The Hall–Kier alpha value is -0.120. The fourth-order valence-corrected chi connectivity index (χ4v) is 3.57. The highest BCUT2D eigenvalue weighted by atomic mass is 16.5. The van der Waals surface area contributed by atoms with Gasteiger partial charge in [-0.15, -0.1) is 0 Å². The van der Waals surface area contributed by atoms with Crippen LogP contribution in [0.1, 0.15) is 40.0 Å². The van der Waals surface area contributed by atoms with Gasteiger partial charge in [-0.25, -0.2) is 0 Å². The van der Waals surface area contributed by atoms with Crippen molar-refractivity contribution in [3.63, 3.8) is 0 Å². The Labute approximate surface area is 112 Å². The van der Waals surface area contributed by atoms with E-state index >= 15 is 0 Å². The summed E-state index contributed by atoms with van der Waals surface area (Å²) in [5.41, 5.74) is 0.531. The van der Waals surface area contributed by atoms with E-state index in [-0.39, 0.29) is 0 Å². The zero-order chi connectivity index (χ0) is 13.0. The van der Waals surface area contributed by atoms with Gasteiger partial charge in [-0.1, -0.05) is 20.8 Å². The molecule has 0 radical (unpaired) electrons. The molecule has 0 aromatic heterocycles. The molecule has 1 saturated carbocycles. The Morgan fingerprint density at radius 2 is 2.00 bits per heavy atom. The van der Waals surface area contributed by atoms with Gasteiger partial charge in [-0.05, 0) is 37.1 Å². The second kappa shape index (κ2) is 6.36. The minimum absolute atomic E-state index is 0.531. The number of morpholine rings is 1. The van der Waals surface area contributed by atoms with Gasteiger partial charge >= 0.3 is 0 Å². The summed E-state index contributed by atoms with van der Waals surface area (Å²) < 4.78 is 5.45. The fraction of sp³-hybridized carbons (Fsp3) is 1.00. The van der Waals surface area contributed by atoms with Gasteiger partial charge in [0.25, 0.3) is 0 Å². The third kappa shape index (κ3) is 3.94. The predicted molar refractivity (Wildman–Crippen MR) is 75.8 cm³/mol. The fourth-order valence-electron chi connectivity index (χ4n) is 3.57. The van der Waals surface area contributed by atoms with Crippen LogP contribution in [0.5, 0.6) is 0 Å². The Balaban J connectivity index is 1.91. The largest absolute Gasteiger partial charge is 0.379 e. The van der Waals surface area contributed by atoms with E-state index in [4.69, 9.17) is 4.74 Å². The van der Waals surface area contributed by atoms with Crippen molar-refractivity contribution in [2.45, 2.75) is 46.1 Å². The molecule has 3 nitrogen and oxygen atoms in total. The molecule has 1 heterocycles. The first-order valence-corrected chi connectivity index (χ1v) is 7.64. The summed E-state index contributed by atoms with van der Waals surface area (Å²) in [4.78, 5) is 2.60. The van der Waals surface area contributed by atoms with Crippen molar-refractivity contribution in [1.29, 1.82) is 0 Å². The normalized spacial score (nSPS) is 33.5. The molecule has 2 rings (SSSR count). The van der Waals surface area contributed by atoms with Gasteiger partial charge in [0, 0.05) is 25.7 Å². The van der Waals surface area contributed by atoms with Crippen molar-refractivity contribution in [2.24, 2.45) is 11.3 Å². The molecule has 1 aliphatic carbocycles. The molecule has 2 unspecified atom stereocenters. The summed E-state index contributed by atoms with van der Waals surface area (Å²) in [6.45, 7) is 13.5. The lowest BCUT2D eigenvalue weighted by Crippen LogP contribution is -2.49. The molecular weight excluding hydrogens is 224 g/mol. The highest BCUT2D eigenvalue weighted by Gasteiger charge is 2.35. The Kier molecular flexibility index (Phi) is 5.05. The van der Waals surface area contributed by atoms with E-state index in [9.17, 15) is 0 Å². The number of rotatable bonds is 4. The van der Waals surface area contributed by atoms with Crippen molar-refractivity contribution >= 4 is 0 Å². The standard InChI is InChI=1S/C15H30N2O/c1-4-16-14-5-6-15(2,3)11-13(14)12-17-7-9-18-10-8-17/h13-14,16H,4-12H2,1-3H3. The van der Waals surface area contributed by atoms with Gasteiger partial charge in [-0.2, -0.15) is 0 Å². The number of nitrogens with zero attached hydrogens (tertiary/aromatic N) is 1. The first-order chi connectivity index (χ1) is 8.61.